The summed E-state index contributed by atoms with van der Waals surface area (Å²) in [6.45, 7) is 6.96. The summed E-state index contributed by atoms with van der Waals surface area (Å²) >= 11 is 0. The maximum absolute atomic E-state index is 13.2. The van der Waals surface area contributed by atoms with Crippen molar-refractivity contribution in [1.82, 2.24) is 9.21 Å². The minimum absolute atomic E-state index is 0.0686. The Morgan fingerprint density at radius 3 is 2.24 bits per heavy atom. The smallest absolute Gasteiger partial charge is 0.264 e. The molecule has 0 N–H and O–H groups in total. The third-order valence-electron chi connectivity index (χ3n) is 5.68. The van der Waals surface area contributed by atoms with Crippen LogP contribution in [0.5, 0.6) is 5.75 Å². The van der Waals surface area contributed by atoms with E-state index < -0.39 is 16.1 Å². The standard InChI is InChI=1S/C22H26N2O4S/c1-15-12-16(2)21(17(3)13-15)29(26,27)24-10-8-23(9-11-24)22(25)20-14-18-6-4-5-7-19(18)28-20/h4-7,12-13,20H,8-11,14H2,1-3H3/t20-/m1/s1. The lowest BCUT2D eigenvalue weighted by molar-refractivity contribution is -0.139. The summed E-state index contributed by atoms with van der Waals surface area (Å²) in [4.78, 5) is 15.0. The first kappa shape index (κ1) is 19.9. The molecule has 4 rings (SSSR count). The van der Waals surface area contributed by atoms with Crippen LogP contribution < -0.4 is 4.74 Å². The summed E-state index contributed by atoms with van der Waals surface area (Å²) in [6, 6.07) is 11.5. The number of carbonyl (C=O) groups excluding carboxylic acids is 1. The molecule has 0 radical (unpaired) electrons. The molecule has 0 unspecified atom stereocenters. The van der Waals surface area contributed by atoms with Crippen molar-refractivity contribution in [2.45, 2.75) is 38.2 Å². The Balaban J connectivity index is 1.44. The normalized spacial score (nSPS) is 19.7. The number of carbonyl (C=O) groups is 1. The van der Waals surface area contributed by atoms with Crippen LogP contribution in [0.3, 0.4) is 0 Å². The molecule has 2 aromatic rings. The Labute approximate surface area is 172 Å². The Kier molecular flexibility index (Phi) is 5.12. The van der Waals surface area contributed by atoms with E-state index in [4.69, 9.17) is 4.74 Å². The zero-order chi connectivity index (χ0) is 20.8. The number of nitrogens with zero attached hydrogens (tertiary/aromatic N) is 2. The Morgan fingerprint density at radius 2 is 1.62 bits per heavy atom. The van der Waals surface area contributed by atoms with Gasteiger partial charge in [0.15, 0.2) is 6.10 Å². The molecule has 1 amide bonds. The fourth-order valence-electron chi connectivity index (χ4n) is 4.38. The van der Waals surface area contributed by atoms with Crippen LogP contribution >= 0.6 is 0 Å². The molecule has 7 heteroatoms. The molecule has 6 nitrogen and oxygen atoms in total. The fraction of sp³-hybridized carbons (Fsp3) is 0.409. The lowest BCUT2D eigenvalue weighted by atomic mass is 10.1. The van der Waals surface area contributed by atoms with E-state index in [0.29, 0.717) is 37.5 Å². The molecule has 29 heavy (non-hydrogen) atoms. The zero-order valence-corrected chi connectivity index (χ0v) is 17.8. The van der Waals surface area contributed by atoms with Gasteiger partial charge in [0, 0.05) is 32.6 Å². The first-order chi connectivity index (χ1) is 13.8. The predicted octanol–water partition coefficient (Wildman–Crippen LogP) is 2.45. The number of hydrogen-bond acceptors (Lipinski definition) is 4. The molecule has 1 fully saturated rings. The van der Waals surface area contributed by atoms with Gasteiger partial charge in [0.25, 0.3) is 5.91 Å². The fourth-order valence-corrected chi connectivity index (χ4v) is 6.21. The van der Waals surface area contributed by atoms with Crippen LogP contribution in [0.15, 0.2) is 41.3 Å². The molecule has 2 heterocycles. The van der Waals surface area contributed by atoms with E-state index in [-0.39, 0.29) is 5.91 Å². The molecule has 2 aromatic carbocycles. The number of fused-ring (bicyclic) bond motifs is 1. The summed E-state index contributed by atoms with van der Waals surface area (Å²) in [5.41, 5.74) is 3.61. The first-order valence-corrected chi connectivity index (χ1v) is 11.3. The molecule has 154 valence electrons. The third kappa shape index (κ3) is 3.65. The molecule has 1 atom stereocenters. The van der Waals surface area contributed by atoms with Crippen molar-refractivity contribution in [1.29, 1.82) is 0 Å². The Morgan fingerprint density at radius 1 is 1.00 bits per heavy atom. The van der Waals surface area contributed by atoms with E-state index >= 15 is 0 Å². The zero-order valence-electron chi connectivity index (χ0n) is 17.0. The van der Waals surface area contributed by atoms with E-state index in [1.807, 2.05) is 57.2 Å². The van der Waals surface area contributed by atoms with Gasteiger partial charge in [-0.25, -0.2) is 8.42 Å². The molecule has 0 saturated carbocycles. The number of amides is 1. The van der Waals surface area contributed by atoms with Crippen molar-refractivity contribution in [3.63, 3.8) is 0 Å². The molecule has 2 aliphatic heterocycles. The minimum atomic E-state index is -3.59. The van der Waals surface area contributed by atoms with Gasteiger partial charge in [-0.05, 0) is 43.5 Å². The van der Waals surface area contributed by atoms with E-state index in [9.17, 15) is 13.2 Å². The molecular formula is C22H26N2O4S. The maximum Gasteiger partial charge on any atom is 0.264 e. The number of hydrogen-bond donors (Lipinski definition) is 0. The summed E-state index contributed by atoms with van der Waals surface area (Å²) < 4.78 is 33.7. The van der Waals surface area contributed by atoms with E-state index in [2.05, 4.69) is 0 Å². The quantitative estimate of drug-likeness (QED) is 0.774. The molecule has 0 aromatic heterocycles. The molecule has 1 saturated heterocycles. The van der Waals surface area contributed by atoms with Gasteiger partial charge in [-0.1, -0.05) is 35.9 Å². The first-order valence-electron chi connectivity index (χ1n) is 9.89. The van der Waals surface area contributed by atoms with Gasteiger partial charge in [0.2, 0.25) is 10.0 Å². The van der Waals surface area contributed by atoms with Crippen molar-refractivity contribution >= 4 is 15.9 Å². The van der Waals surface area contributed by atoms with Crippen LogP contribution in [0.25, 0.3) is 0 Å². The molecule has 0 bridgehead atoms. The highest BCUT2D eigenvalue weighted by Crippen LogP contribution is 2.30. The van der Waals surface area contributed by atoms with Gasteiger partial charge < -0.3 is 9.64 Å². The van der Waals surface area contributed by atoms with Gasteiger partial charge in [-0.2, -0.15) is 4.31 Å². The van der Waals surface area contributed by atoms with Gasteiger partial charge in [0.1, 0.15) is 5.75 Å². The van der Waals surface area contributed by atoms with Crippen LogP contribution in [0.2, 0.25) is 0 Å². The summed E-state index contributed by atoms with van der Waals surface area (Å²) in [5.74, 6) is 0.693. The second kappa shape index (κ2) is 7.46. The summed E-state index contributed by atoms with van der Waals surface area (Å²) in [7, 11) is -3.59. The van der Waals surface area contributed by atoms with Crippen LogP contribution in [0.4, 0.5) is 0 Å². The van der Waals surface area contributed by atoms with Gasteiger partial charge in [-0.15, -0.1) is 0 Å². The number of piperazine rings is 1. The third-order valence-corrected chi connectivity index (χ3v) is 7.88. The molecule has 0 spiro atoms. The topological polar surface area (TPSA) is 66.9 Å². The van der Waals surface area contributed by atoms with Crippen molar-refractivity contribution in [3.05, 3.63) is 58.7 Å². The van der Waals surface area contributed by atoms with Crippen molar-refractivity contribution < 1.29 is 17.9 Å². The minimum Gasteiger partial charge on any atom is -0.480 e. The second-order valence-corrected chi connectivity index (χ2v) is 9.75. The van der Waals surface area contributed by atoms with Crippen LogP contribution in [-0.4, -0.2) is 55.8 Å². The van der Waals surface area contributed by atoms with E-state index in [1.165, 1.54) is 4.31 Å². The van der Waals surface area contributed by atoms with Crippen molar-refractivity contribution in [2.24, 2.45) is 0 Å². The SMILES string of the molecule is Cc1cc(C)c(S(=O)(=O)N2CCN(C(=O)[C@H]3Cc4ccccc4O3)CC2)c(C)c1. The largest absolute Gasteiger partial charge is 0.480 e. The lowest BCUT2D eigenvalue weighted by Gasteiger charge is -2.35. The summed E-state index contributed by atoms with van der Waals surface area (Å²) in [6.07, 6.45) is 0.0482. The average molecular weight is 415 g/mol. The number of rotatable bonds is 3. The molecular weight excluding hydrogens is 388 g/mol. The highest BCUT2D eigenvalue weighted by Gasteiger charge is 2.36. The number of sulfonamides is 1. The number of para-hydroxylation sites is 1. The lowest BCUT2D eigenvalue weighted by Crippen LogP contribution is -2.53. The summed E-state index contributed by atoms with van der Waals surface area (Å²) in [5, 5.41) is 0. The van der Waals surface area contributed by atoms with Crippen molar-refractivity contribution in [3.8, 4) is 5.75 Å². The van der Waals surface area contributed by atoms with Gasteiger partial charge >= 0.3 is 0 Å². The van der Waals surface area contributed by atoms with Crippen LogP contribution in [0.1, 0.15) is 22.3 Å². The van der Waals surface area contributed by atoms with Gasteiger partial charge in [0.05, 0.1) is 4.90 Å². The maximum atomic E-state index is 13.2. The van der Waals surface area contributed by atoms with Crippen molar-refractivity contribution in [2.75, 3.05) is 26.2 Å². The number of ether oxygens (including phenoxy) is 1. The second-order valence-electron chi connectivity index (χ2n) is 7.88. The monoisotopic (exact) mass is 414 g/mol. The van der Waals surface area contributed by atoms with E-state index in [0.717, 1.165) is 28.0 Å². The molecule has 0 aliphatic carbocycles. The van der Waals surface area contributed by atoms with Gasteiger partial charge in [-0.3, -0.25) is 4.79 Å². The average Bonchev–Trinajstić information content (AvgIpc) is 3.10. The number of benzene rings is 2. The Bertz CT molecular complexity index is 1010. The van der Waals surface area contributed by atoms with Crippen LogP contribution in [-0.2, 0) is 21.2 Å². The highest BCUT2D eigenvalue weighted by atomic mass is 32.2. The number of aryl methyl sites for hydroxylation is 3. The molecule has 2 aliphatic rings. The highest BCUT2D eigenvalue weighted by molar-refractivity contribution is 7.89. The van der Waals surface area contributed by atoms with Crippen LogP contribution in [0, 0.1) is 20.8 Å². The Hall–Kier alpha value is -2.38. The predicted molar refractivity (Wildman–Crippen MR) is 111 cm³/mol. The van der Waals surface area contributed by atoms with E-state index in [1.54, 1.807) is 4.90 Å².